The Morgan fingerprint density at radius 3 is 2.38 bits per heavy atom. The van der Waals surface area contributed by atoms with Gasteiger partial charge < -0.3 is 14.5 Å². The number of pyridine rings is 1. The van der Waals surface area contributed by atoms with Gasteiger partial charge in [0.15, 0.2) is 0 Å². The first-order chi connectivity index (χ1) is 14.0. The summed E-state index contributed by atoms with van der Waals surface area (Å²) >= 11 is 0. The summed E-state index contributed by atoms with van der Waals surface area (Å²) in [5, 5.41) is 0. The van der Waals surface area contributed by atoms with Crippen LogP contribution in [-0.4, -0.2) is 52.8 Å². The van der Waals surface area contributed by atoms with Crippen molar-refractivity contribution in [2.24, 2.45) is 5.41 Å². The van der Waals surface area contributed by atoms with Gasteiger partial charge in [-0.05, 0) is 38.3 Å². The van der Waals surface area contributed by atoms with Crippen LogP contribution in [-0.2, 0) is 4.79 Å². The topological polar surface area (TPSA) is 62.7 Å². The second kappa shape index (κ2) is 7.50. The minimum atomic E-state index is -0.402. The number of likely N-dealkylation sites (tertiary alicyclic amines) is 2. The summed E-state index contributed by atoms with van der Waals surface area (Å²) < 4.78 is 5.06. The van der Waals surface area contributed by atoms with E-state index in [0.29, 0.717) is 37.4 Å². The molecular weight excluding hydrogens is 366 g/mol. The first-order valence-corrected chi connectivity index (χ1v) is 10.1. The molecule has 3 heterocycles. The van der Waals surface area contributed by atoms with E-state index in [2.05, 4.69) is 31.0 Å². The number of aromatic nitrogens is 1. The molecule has 1 atom stereocenters. The Kier molecular flexibility index (Phi) is 5.03. The summed E-state index contributed by atoms with van der Waals surface area (Å²) in [6.07, 6.45) is 2.92. The number of benzene rings is 1. The highest BCUT2D eigenvalue weighted by atomic mass is 16.5. The maximum absolute atomic E-state index is 13.2. The van der Waals surface area contributed by atoms with Crippen LogP contribution in [0.1, 0.15) is 48.7 Å². The fourth-order valence-corrected chi connectivity index (χ4v) is 4.75. The molecular formula is C23H27N3O3. The van der Waals surface area contributed by atoms with Crippen LogP contribution in [0, 0.1) is 5.41 Å². The van der Waals surface area contributed by atoms with Crippen molar-refractivity contribution < 1.29 is 14.3 Å². The van der Waals surface area contributed by atoms with E-state index in [1.54, 1.807) is 25.4 Å². The van der Waals surface area contributed by atoms with Gasteiger partial charge in [0, 0.05) is 31.4 Å². The first-order valence-electron chi connectivity index (χ1n) is 10.1. The Labute approximate surface area is 171 Å². The highest BCUT2D eigenvalue weighted by Gasteiger charge is 2.62. The molecule has 6 nitrogen and oxygen atoms in total. The van der Waals surface area contributed by atoms with E-state index < -0.39 is 5.41 Å². The van der Waals surface area contributed by atoms with E-state index in [0.717, 1.165) is 0 Å². The third-order valence-corrected chi connectivity index (χ3v) is 6.27. The van der Waals surface area contributed by atoms with Crippen LogP contribution in [0.25, 0.3) is 0 Å². The van der Waals surface area contributed by atoms with E-state index in [-0.39, 0.29) is 23.9 Å². The summed E-state index contributed by atoms with van der Waals surface area (Å²) in [5.74, 6) is 0.664. The lowest BCUT2D eigenvalue weighted by atomic mass is 9.61. The fraction of sp³-hybridized carbons (Fsp3) is 0.435. The van der Waals surface area contributed by atoms with Crippen LogP contribution in [0.15, 0.2) is 48.7 Å². The lowest BCUT2D eigenvalue weighted by Crippen LogP contribution is -2.68. The molecule has 0 aliphatic carbocycles. The van der Waals surface area contributed by atoms with Gasteiger partial charge in [0.25, 0.3) is 5.91 Å². The van der Waals surface area contributed by atoms with Crippen LogP contribution in [0.3, 0.4) is 0 Å². The van der Waals surface area contributed by atoms with Gasteiger partial charge >= 0.3 is 0 Å². The van der Waals surface area contributed by atoms with Gasteiger partial charge in [-0.1, -0.05) is 30.3 Å². The van der Waals surface area contributed by atoms with E-state index in [4.69, 9.17) is 4.74 Å². The molecule has 29 heavy (non-hydrogen) atoms. The zero-order valence-corrected chi connectivity index (χ0v) is 17.2. The molecule has 0 radical (unpaired) electrons. The third-order valence-electron chi connectivity index (χ3n) is 6.27. The summed E-state index contributed by atoms with van der Waals surface area (Å²) in [4.78, 5) is 34.0. The maximum atomic E-state index is 13.2. The number of nitrogens with zero attached hydrogens (tertiary/aromatic N) is 3. The molecule has 2 fully saturated rings. The number of piperidine rings is 1. The van der Waals surface area contributed by atoms with Crippen LogP contribution < -0.4 is 4.74 Å². The smallest absolute Gasteiger partial charge is 0.255 e. The largest absolute Gasteiger partial charge is 0.481 e. The average Bonchev–Trinajstić information content (AvgIpc) is 2.77. The van der Waals surface area contributed by atoms with Gasteiger partial charge in [-0.2, -0.15) is 0 Å². The molecule has 2 aliphatic rings. The number of amides is 2. The molecule has 2 aliphatic heterocycles. The summed E-state index contributed by atoms with van der Waals surface area (Å²) in [6.45, 7) is 5.28. The molecule has 152 valence electrons. The summed E-state index contributed by atoms with van der Waals surface area (Å²) in [5.41, 5.74) is 1.32. The number of carbonyl (C=O) groups excluding carboxylic acids is 2. The van der Waals surface area contributed by atoms with Gasteiger partial charge in [0.05, 0.1) is 24.1 Å². The van der Waals surface area contributed by atoms with E-state index in [1.165, 1.54) is 5.56 Å². The molecule has 4 rings (SSSR count). The van der Waals surface area contributed by atoms with Crippen molar-refractivity contribution in [3.05, 3.63) is 59.8 Å². The fourth-order valence-electron chi connectivity index (χ4n) is 4.75. The number of ether oxygens (including phenoxy) is 1. The second-order valence-corrected chi connectivity index (χ2v) is 8.16. The van der Waals surface area contributed by atoms with Gasteiger partial charge in [0.2, 0.25) is 11.8 Å². The Bertz CT molecular complexity index is 887. The highest BCUT2D eigenvalue weighted by Crippen LogP contribution is 2.56. The van der Waals surface area contributed by atoms with Crippen LogP contribution in [0.4, 0.5) is 0 Å². The molecule has 0 N–H and O–H groups in total. The van der Waals surface area contributed by atoms with Crippen molar-refractivity contribution in [1.82, 2.24) is 14.8 Å². The van der Waals surface area contributed by atoms with Gasteiger partial charge in [-0.15, -0.1) is 0 Å². The molecule has 2 aromatic rings. The standard InChI is InChI=1S/C23H27N3O3/c1-16(2)26-20(17-7-5-4-6-8-17)23(22(26)28)11-13-25(14-12-23)21(27)18-9-10-19(29-3)24-15-18/h4-10,15-16,20H,11-14H2,1-3H3. The van der Waals surface area contributed by atoms with E-state index in [1.807, 2.05) is 28.0 Å². The average molecular weight is 393 g/mol. The molecule has 0 bridgehead atoms. The van der Waals surface area contributed by atoms with Gasteiger partial charge in [-0.25, -0.2) is 4.98 Å². The SMILES string of the molecule is COc1ccc(C(=O)N2CCC3(CC2)C(=O)N(C(C)C)C3c2ccccc2)cn1. The van der Waals surface area contributed by atoms with Crippen molar-refractivity contribution in [1.29, 1.82) is 0 Å². The van der Waals surface area contributed by atoms with Crippen molar-refractivity contribution in [3.8, 4) is 5.88 Å². The molecule has 1 aromatic carbocycles. The number of carbonyl (C=O) groups is 2. The van der Waals surface area contributed by atoms with E-state index in [9.17, 15) is 9.59 Å². The number of rotatable bonds is 4. The monoisotopic (exact) mass is 393 g/mol. The quantitative estimate of drug-likeness (QED) is 0.748. The Balaban J connectivity index is 1.52. The number of methoxy groups -OCH3 is 1. The molecule has 0 saturated carbocycles. The summed E-state index contributed by atoms with van der Waals surface area (Å²) in [7, 11) is 1.55. The minimum absolute atomic E-state index is 0.0428. The van der Waals surface area contributed by atoms with E-state index >= 15 is 0 Å². The van der Waals surface area contributed by atoms with Crippen molar-refractivity contribution in [2.75, 3.05) is 20.2 Å². The number of hydrogen-bond donors (Lipinski definition) is 0. The van der Waals surface area contributed by atoms with Gasteiger partial charge in [0.1, 0.15) is 0 Å². The Hall–Kier alpha value is -2.89. The molecule has 1 aromatic heterocycles. The predicted molar refractivity (Wildman–Crippen MR) is 110 cm³/mol. The third kappa shape index (κ3) is 3.16. The summed E-state index contributed by atoms with van der Waals surface area (Å²) in [6, 6.07) is 13.9. The van der Waals surface area contributed by atoms with Crippen molar-refractivity contribution >= 4 is 11.8 Å². The minimum Gasteiger partial charge on any atom is -0.481 e. The van der Waals surface area contributed by atoms with Crippen molar-refractivity contribution in [3.63, 3.8) is 0 Å². The van der Waals surface area contributed by atoms with Crippen LogP contribution >= 0.6 is 0 Å². The normalized spacial score (nSPS) is 20.7. The number of hydrogen-bond acceptors (Lipinski definition) is 4. The lowest BCUT2D eigenvalue weighted by molar-refractivity contribution is -0.184. The predicted octanol–water partition coefficient (Wildman–Crippen LogP) is 3.30. The zero-order valence-electron chi connectivity index (χ0n) is 17.2. The lowest BCUT2D eigenvalue weighted by Gasteiger charge is -2.60. The molecule has 1 unspecified atom stereocenters. The Morgan fingerprint density at radius 2 is 1.83 bits per heavy atom. The number of β-lactam (4-membered cyclic amide) rings is 1. The van der Waals surface area contributed by atoms with Crippen molar-refractivity contribution in [2.45, 2.75) is 38.8 Å². The first kappa shape index (κ1) is 19.4. The second-order valence-electron chi connectivity index (χ2n) is 8.16. The maximum Gasteiger partial charge on any atom is 0.255 e. The molecule has 2 saturated heterocycles. The molecule has 6 heteroatoms. The highest BCUT2D eigenvalue weighted by molar-refractivity contribution is 5.95. The molecule has 2 amide bonds. The van der Waals surface area contributed by atoms with Crippen LogP contribution in [0.2, 0.25) is 0 Å². The van der Waals surface area contributed by atoms with Crippen LogP contribution in [0.5, 0.6) is 5.88 Å². The molecule has 1 spiro atoms. The zero-order chi connectivity index (χ0) is 20.6. The Morgan fingerprint density at radius 1 is 1.14 bits per heavy atom. The van der Waals surface area contributed by atoms with Gasteiger partial charge in [-0.3, -0.25) is 9.59 Å².